The molecule has 0 spiro atoms. The molecule has 0 bridgehead atoms. The van der Waals surface area contributed by atoms with Crippen LogP contribution in [0.5, 0.6) is 0 Å². The highest BCUT2D eigenvalue weighted by Gasteiger charge is 2.16. The number of benzene rings is 2. The molecule has 0 saturated heterocycles. The fourth-order valence-electron chi connectivity index (χ4n) is 2.10. The zero-order chi connectivity index (χ0) is 15.0. The zero-order valence-corrected chi connectivity index (χ0v) is 12.2. The van der Waals surface area contributed by atoms with E-state index in [1.165, 1.54) is 0 Å². The summed E-state index contributed by atoms with van der Waals surface area (Å²) < 4.78 is 0.974. The molecule has 2 aromatic carbocycles. The van der Waals surface area contributed by atoms with Gasteiger partial charge in [-0.1, -0.05) is 35.9 Å². The summed E-state index contributed by atoms with van der Waals surface area (Å²) in [6, 6.07) is 13.4. The molecular weight excluding hydrogens is 308 g/mol. The molecule has 0 fully saturated rings. The number of H-pyrrole nitrogens is 1. The lowest BCUT2D eigenvalue weighted by Gasteiger charge is -2.08. The van der Waals surface area contributed by atoms with Crippen molar-refractivity contribution in [1.29, 1.82) is 0 Å². The van der Waals surface area contributed by atoms with Gasteiger partial charge in [-0.25, -0.2) is 4.57 Å². The Morgan fingerprint density at radius 2 is 1.76 bits per heavy atom. The predicted octanol–water partition coefficient (Wildman–Crippen LogP) is 3.40. The fraction of sp³-hybridized carbons (Fsp3) is 0. The van der Waals surface area contributed by atoms with E-state index in [9.17, 15) is 9.59 Å². The number of hydrogen-bond acceptors (Lipinski definition) is 3. The number of carbonyl (C=O) groups is 1. The van der Waals surface area contributed by atoms with Crippen molar-refractivity contribution < 1.29 is 4.79 Å². The first-order valence-electron chi connectivity index (χ1n) is 6.13. The molecule has 3 rings (SSSR count). The summed E-state index contributed by atoms with van der Waals surface area (Å²) >= 11 is 11.1. The van der Waals surface area contributed by atoms with Crippen molar-refractivity contribution in [3.8, 4) is 0 Å². The van der Waals surface area contributed by atoms with E-state index < -0.39 is 11.5 Å². The molecule has 0 amide bonds. The summed E-state index contributed by atoms with van der Waals surface area (Å²) in [5.74, 6) is -0.544. The monoisotopic (exact) mass is 316 g/mol. The maximum atomic E-state index is 12.5. The third kappa shape index (κ3) is 2.30. The number of rotatable bonds is 1. The minimum absolute atomic E-state index is 0.0450. The topological polar surface area (TPSA) is 54.9 Å². The molecule has 0 unspecified atom stereocenters. The summed E-state index contributed by atoms with van der Waals surface area (Å²) in [6.45, 7) is 0. The number of para-hydroxylation sites is 1. The van der Waals surface area contributed by atoms with E-state index in [4.69, 9.17) is 23.8 Å². The average molecular weight is 317 g/mol. The largest absolute Gasteiger partial charge is 0.331 e. The molecule has 0 atom stereocenters. The Morgan fingerprint density at radius 3 is 2.52 bits per heavy atom. The summed E-state index contributed by atoms with van der Waals surface area (Å²) in [5, 5.41) is 0.670. The molecule has 6 heteroatoms. The minimum Gasteiger partial charge on any atom is -0.331 e. The van der Waals surface area contributed by atoms with Crippen LogP contribution in [-0.4, -0.2) is 15.5 Å². The summed E-state index contributed by atoms with van der Waals surface area (Å²) in [5.41, 5.74) is 0.367. The zero-order valence-electron chi connectivity index (χ0n) is 10.7. The Kier molecular flexibility index (Phi) is 3.45. The van der Waals surface area contributed by atoms with Gasteiger partial charge in [-0.05, 0) is 36.5 Å². The van der Waals surface area contributed by atoms with Crippen molar-refractivity contribution in [3.05, 3.63) is 74.2 Å². The van der Waals surface area contributed by atoms with E-state index in [1.807, 2.05) is 0 Å². The standard InChI is InChI=1S/C15H9ClN2O2S/c16-11-7-3-1-5-9(11)13(19)18-14(20)10-6-2-4-8-12(10)17-15(18)21/h1-8H,(H,17,21). The van der Waals surface area contributed by atoms with Gasteiger partial charge in [0.2, 0.25) is 0 Å². The van der Waals surface area contributed by atoms with Gasteiger partial charge in [-0.3, -0.25) is 9.59 Å². The van der Waals surface area contributed by atoms with Gasteiger partial charge in [-0.15, -0.1) is 0 Å². The lowest BCUT2D eigenvalue weighted by molar-refractivity contribution is 0.0954. The second-order valence-corrected chi connectivity index (χ2v) is 5.20. The lowest BCUT2D eigenvalue weighted by Crippen LogP contribution is -2.29. The number of nitrogens with zero attached hydrogens (tertiary/aromatic N) is 1. The first-order chi connectivity index (χ1) is 10.1. The number of aromatic amines is 1. The highest BCUT2D eigenvalue weighted by molar-refractivity contribution is 7.71. The second-order valence-electron chi connectivity index (χ2n) is 4.40. The van der Waals surface area contributed by atoms with Gasteiger partial charge in [0.05, 0.1) is 21.5 Å². The first-order valence-corrected chi connectivity index (χ1v) is 6.91. The van der Waals surface area contributed by atoms with E-state index in [1.54, 1.807) is 48.5 Å². The van der Waals surface area contributed by atoms with Gasteiger partial charge in [-0.2, -0.15) is 0 Å². The van der Waals surface area contributed by atoms with Crippen LogP contribution in [0.25, 0.3) is 10.9 Å². The third-order valence-electron chi connectivity index (χ3n) is 3.11. The Labute approximate surface area is 129 Å². The highest BCUT2D eigenvalue weighted by Crippen LogP contribution is 2.16. The molecule has 104 valence electrons. The molecule has 0 saturated carbocycles. The fourth-order valence-corrected chi connectivity index (χ4v) is 2.59. The minimum atomic E-state index is -0.544. The molecule has 1 N–H and O–H groups in total. The van der Waals surface area contributed by atoms with Crippen LogP contribution < -0.4 is 5.56 Å². The van der Waals surface area contributed by atoms with Crippen molar-refractivity contribution in [2.45, 2.75) is 0 Å². The summed E-state index contributed by atoms with van der Waals surface area (Å²) in [4.78, 5) is 27.9. The molecule has 21 heavy (non-hydrogen) atoms. The van der Waals surface area contributed by atoms with Crippen LogP contribution in [0.1, 0.15) is 10.4 Å². The normalized spacial score (nSPS) is 10.7. The average Bonchev–Trinajstić information content (AvgIpc) is 2.47. The second kappa shape index (κ2) is 5.27. The molecule has 1 aromatic heterocycles. The SMILES string of the molecule is O=C(c1ccccc1Cl)n1c(=S)[nH]c2ccccc2c1=O. The van der Waals surface area contributed by atoms with Crippen LogP contribution in [-0.2, 0) is 0 Å². The van der Waals surface area contributed by atoms with Crippen molar-refractivity contribution in [2.24, 2.45) is 0 Å². The molecule has 0 radical (unpaired) electrons. The third-order valence-corrected chi connectivity index (χ3v) is 3.73. The summed E-state index contributed by atoms with van der Waals surface area (Å²) in [7, 11) is 0. The molecule has 0 aliphatic heterocycles. The molecule has 4 nitrogen and oxygen atoms in total. The van der Waals surface area contributed by atoms with E-state index in [2.05, 4.69) is 4.98 Å². The molecule has 0 aliphatic carbocycles. The van der Waals surface area contributed by atoms with Gasteiger partial charge >= 0.3 is 0 Å². The molecule has 0 aliphatic rings. The van der Waals surface area contributed by atoms with E-state index >= 15 is 0 Å². The van der Waals surface area contributed by atoms with Crippen molar-refractivity contribution in [2.75, 3.05) is 0 Å². The highest BCUT2D eigenvalue weighted by atomic mass is 35.5. The predicted molar refractivity (Wildman–Crippen MR) is 84.6 cm³/mol. The number of fused-ring (bicyclic) bond motifs is 1. The Hall–Kier alpha value is -2.24. The number of halogens is 1. The Morgan fingerprint density at radius 1 is 1.10 bits per heavy atom. The molecular formula is C15H9ClN2O2S. The Balaban J connectivity index is 2.31. The van der Waals surface area contributed by atoms with Crippen LogP contribution >= 0.6 is 23.8 Å². The Bertz CT molecular complexity index is 975. The molecule has 3 aromatic rings. The van der Waals surface area contributed by atoms with Crippen LogP contribution in [0, 0.1) is 4.77 Å². The number of hydrogen-bond donors (Lipinski definition) is 1. The molecule has 1 heterocycles. The van der Waals surface area contributed by atoms with E-state index in [0.29, 0.717) is 10.9 Å². The maximum absolute atomic E-state index is 12.5. The maximum Gasteiger partial charge on any atom is 0.269 e. The number of aromatic nitrogens is 2. The lowest BCUT2D eigenvalue weighted by atomic mass is 10.2. The van der Waals surface area contributed by atoms with Crippen molar-refractivity contribution in [3.63, 3.8) is 0 Å². The van der Waals surface area contributed by atoms with Gasteiger partial charge in [0.1, 0.15) is 0 Å². The first kappa shape index (κ1) is 13.7. The van der Waals surface area contributed by atoms with Crippen molar-refractivity contribution >= 4 is 40.6 Å². The van der Waals surface area contributed by atoms with Crippen molar-refractivity contribution in [1.82, 2.24) is 9.55 Å². The van der Waals surface area contributed by atoms with E-state index in [-0.39, 0.29) is 15.4 Å². The number of nitrogens with one attached hydrogen (secondary N) is 1. The van der Waals surface area contributed by atoms with E-state index in [0.717, 1.165) is 4.57 Å². The van der Waals surface area contributed by atoms with Crippen LogP contribution in [0.4, 0.5) is 0 Å². The van der Waals surface area contributed by atoms with Crippen LogP contribution in [0.2, 0.25) is 5.02 Å². The van der Waals surface area contributed by atoms with Gasteiger partial charge in [0.25, 0.3) is 11.5 Å². The van der Waals surface area contributed by atoms with Crippen LogP contribution in [0.3, 0.4) is 0 Å². The summed E-state index contributed by atoms with van der Waals surface area (Å²) in [6.07, 6.45) is 0. The van der Waals surface area contributed by atoms with Gasteiger partial charge < -0.3 is 4.98 Å². The quantitative estimate of drug-likeness (QED) is 0.700. The number of carbonyl (C=O) groups excluding carboxylic acids is 1. The van der Waals surface area contributed by atoms with Gasteiger partial charge in [0, 0.05) is 0 Å². The smallest absolute Gasteiger partial charge is 0.269 e. The van der Waals surface area contributed by atoms with Crippen LogP contribution in [0.15, 0.2) is 53.3 Å². The van der Waals surface area contributed by atoms with Gasteiger partial charge in [0.15, 0.2) is 4.77 Å².